The van der Waals surface area contributed by atoms with Gasteiger partial charge in [-0.05, 0) is 78.9 Å². The summed E-state index contributed by atoms with van der Waals surface area (Å²) in [6.07, 6.45) is 0. The van der Waals surface area contributed by atoms with Crippen LogP contribution in [0.15, 0.2) is 53.4 Å². The van der Waals surface area contributed by atoms with E-state index in [4.69, 9.17) is 4.18 Å². The Labute approximate surface area is 167 Å². The minimum absolute atomic E-state index is 0.0486. The average molecular weight is 486 g/mol. The second-order valence-corrected chi connectivity index (χ2v) is 9.00. The van der Waals surface area contributed by atoms with Crippen LogP contribution in [0.25, 0.3) is 0 Å². The molecule has 0 radical (unpaired) electrons. The molecule has 1 aliphatic heterocycles. The monoisotopic (exact) mass is 486 g/mol. The number of amides is 2. The summed E-state index contributed by atoms with van der Waals surface area (Å²) in [5, 5.41) is 0. The van der Waals surface area contributed by atoms with Crippen molar-refractivity contribution in [2.45, 2.75) is 24.8 Å². The lowest BCUT2D eigenvalue weighted by atomic mass is 10.3. The van der Waals surface area contributed by atoms with Crippen LogP contribution in [-0.2, 0) is 10.1 Å². The molecular weight excluding hydrogens is 467 g/mol. The molecule has 3 rings (SSSR count). The highest BCUT2D eigenvalue weighted by atomic mass is 127. The number of carbonyl (C=O) groups is 1. The Bertz CT molecular complexity index is 913. The van der Waals surface area contributed by atoms with E-state index in [0.717, 1.165) is 3.57 Å². The minimum Gasteiger partial charge on any atom is -0.379 e. The van der Waals surface area contributed by atoms with Crippen molar-refractivity contribution in [2.75, 3.05) is 18.0 Å². The molecular formula is C18H19IN2O4S. The minimum atomic E-state index is -3.93. The van der Waals surface area contributed by atoms with Crippen molar-refractivity contribution in [1.82, 2.24) is 4.90 Å². The SMILES string of the molecule is CC(C)N1CCN(c2ccc(S(=O)(=O)Oc3cccc(I)c3)cc2)C1=O. The molecule has 0 N–H and O–H groups in total. The molecule has 138 valence electrons. The number of hydrogen-bond acceptors (Lipinski definition) is 4. The fourth-order valence-electron chi connectivity index (χ4n) is 2.76. The molecule has 2 aromatic carbocycles. The third-order valence-corrected chi connectivity index (χ3v) is 6.04. The summed E-state index contributed by atoms with van der Waals surface area (Å²) >= 11 is 2.09. The van der Waals surface area contributed by atoms with Gasteiger partial charge in [-0.15, -0.1) is 0 Å². The summed E-state index contributed by atoms with van der Waals surface area (Å²) < 4.78 is 30.9. The van der Waals surface area contributed by atoms with E-state index in [1.807, 2.05) is 19.9 Å². The fourth-order valence-corrected chi connectivity index (χ4v) is 4.20. The first kappa shape index (κ1) is 19.0. The summed E-state index contributed by atoms with van der Waals surface area (Å²) in [7, 11) is -3.93. The Kier molecular flexibility index (Phi) is 5.42. The molecule has 2 aromatic rings. The maximum Gasteiger partial charge on any atom is 0.339 e. The zero-order chi connectivity index (χ0) is 18.9. The van der Waals surface area contributed by atoms with Gasteiger partial charge in [0.05, 0.1) is 0 Å². The molecule has 6 nitrogen and oxygen atoms in total. The molecule has 1 fully saturated rings. The summed E-state index contributed by atoms with van der Waals surface area (Å²) in [6.45, 7) is 5.19. The zero-order valence-electron chi connectivity index (χ0n) is 14.4. The van der Waals surface area contributed by atoms with E-state index in [0.29, 0.717) is 18.8 Å². The van der Waals surface area contributed by atoms with E-state index < -0.39 is 10.1 Å². The van der Waals surface area contributed by atoms with Crippen LogP contribution in [0.2, 0.25) is 0 Å². The second-order valence-electron chi connectivity index (χ2n) is 6.21. The largest absolute Gasteiger partial charge is 0.379 e. The van der Waals surface area contributed by atoms with Crippen LogP contribution in [0.1, 0.15) is 13.8 Å². The summed E-state index contributed by atoms with van der Waals surface area (Å²) in [4.78, 5) is 15.9. The highest BCUT2D eigenvalue weighted by molar-refractivity contribution is 14.1. The molecule has 26 heavy (non-hydrogen) atoms. The topological polar surface area (TPSA) is 66.9 Å². The highest BCUT2D eigenvalue weighted by Crippen LogP contribution is 2.25. The predicted molar refractivity (Wildman–Crippen MR) is 108 cm³/mol. The second kappa shape index (κ2) is 7.43. The van der Waals surface area contributed by atoms with E-state index in [2.05, 4.69) is 22.6 Å². The van der Waals surface area contributed by atoms with Gasteiger partial charge in [0.25, 0.3) is 0 Å². The van der Waals surface area contributed by atoms with Gasteiger partial charge < -0.3 is 9.08 Å². The lowest BCUT2D eigenvalue weighted by Crippen LogP contribution is -2.36. The van der Waals surface area contributed by atoms with E-state index in [1.54, 1.807) is 40.1 Å². The van der Waals surface area contributed by atoms with E-state index in [-0.39, 0.29) is 22.7 Å². The van der Waals surface area contributed by atoms with Gasteiger partial charge in [0.15, 0.2) is 0 Å². The van der Waals surface area contributed by atoms with Crippen LogP contribution in [0, 0.1) is 3.57 Å². The summed E-state index contributed by atoms with van der Waals surface area (Å²) in [6, 6.07) is 13.1. The van der Waals surface area contributed by atoms with Gasteiger partial charge in [0.1, 0.15) is 10.6 Å². The van der Waals surface area contributed by atoms with Gasteiger partial charge in [-0.1, -0.05) is 6.07 Å². The van der Waals surface area contributed by atoms with Crippen LogP contribution in [0.5, 0.6) is 5.75 Å². The number of halogens is 1. The van der Waals surface area contributed by atoms with Crippen molar-refractivity contribution < 1.29 is 17.4 Å². The Balaban J connectivity index is 1.78. The van der Waals surface area contributed by atoms with Gasteiger partial charge >= 0.3 is 16.1 Å². The van der Waals surface area contributed by atoms with Gasteiger partial charge in [-0.25, -0.2) is 4.79 Å². The van der Waals surface area contributed by atoms with Crippen molar-refractivity contribution in [3.05, 3.63) is 52.1 Å². The first-order valence-electron chi connectivity index (χ1n) is 8.16. The van der Waals surface area contributed by atoms with Crippen LogP contribution in [0.4, 0.5) is 10.5 Å². The number of benzene rings is 2. The lowest BCUT2D eigenvalue weighted by Gasteiger charge is -2.21. The Morgan fingerprint density at radius 1 is 1.08 bits per heavy atom. The van der Waals surface area contributed by atoms with Crippen LogP contribution >= 0.6 is 22.6 Å². The van der Waals surface area contributed by atoms with Crippen molar-refractivity contribution in [3.8, 4) is 5.75 Å². The van der Waals surface area contributed by atoms with Gasteiger partial charge in [-0.2, -0.15) is 8.42 Å². The van der Waals surface area contributed by atoms with Crippen LogP contribution in [-0.4, -0.2) is 38.5 Å². The molecule has 0 aliphatic carbocycles. The van der Waals surface area contributed by atoms with Gasteiger partial charge in [0, 0.05) is 28.4 Å². The number of rotatable bonds is 5. The van der Waals surface area contributed by atoms with Crippen LogP contribution < -0.4 is 9.08 Å². The van der Waals surface area contributed by atoms with E-state index in [1.165, 1.54) is 12.1 Å². The lowest BCUT2D eigenvalue weighted by molar-refractivity contribution is 0.209. The predicted octanol–water partition coefficient (Wildman–Crippen LogP) is 3.71. The third kappa shape index (κ3) is 3.96. The average Bonchev–Trinajstić information content (AvgIpc) is 2.96. The molecule has 1 heterocycles. The molecule has 0 saturated carbocycles. The van der Waals surface area contributed by atoms with E-state index >= 15 is 0 Å². The maximum atomic E-state index is 12.4. The first-order valence-corrected chi connectivity index (χ1v) is 10.6. The van der Waals surface area contributed by atoms with Crippen molar-refractivity contribution >= 4 is 44.4 Å². The first-order chi connectivity index (χ1) is 12.3. The van der Waals surface area contributed by atoms with Crippen molar-refractivity contribution in [2.24, 2.45) is 0 Å². The van der Waals surface area contributed by atoms with Gasteiger partial charge in [0.2, 0.25) is 0 Å². The molecule has 0 unspecified atom stereocenters. The van der Waals surface area contributed by atoms with Crippen molar-refractivity contribution in [3.63, 3.8) is 0 Å². The fraction of sp³-hybridized carbons (Fsp3) is 0.278. The normalized spacial score (nSPS) is 15.0. The Morgan fingerprint density at radius 3 is 2.35 bits per heavy atom. The number of urea groups is 1. The van der Waals surface area contributed by atoms with Gasteiger partial charge in [-0.3, -0.25) is 4.90 Å². The number of anilines is 1. The van der Waals surface area contributed by atoms with Crippen LogP contribution in [0.3, 0.4) is 0 Å². The molecule has 0 aromatic heterocycles. The molecule has 1 saturated heterocycles. The quantitative estimate of drug-likeness (QED) is 0.478. The molecule has 0 atom stereocenters. The smallest absolute Gasteiger partial charge is 0.339 e. The maximum absolute atomic E-state index is 12.4. The van der Waals surface area contributed by atoms with E-state index in [9.17, 15) is 13.2 Å². The Morgan fingerprint density at radius 2 is 1.77 bits per heavy atom. The zero-order valence-corrected chi connectivity index (χ0v) is 17.4. The molecule has 0 spiro atoms. The number of hydrogen-bond donors (Lipinski definition) is 0. The number of nitrogens with zero attached hydrogens (tertiary/aromatic N) is 2. The molecule has 2 amide bonds. The Hall–Kier alpha value is -1.81. The number of carbonyl (C=O) groups excluding carboxylic acids is 1. The molecule has 1 aliphatic rings. The standard InChI is InChI=1S/C18H19IN2O4S/c1-13(2)20-10-11-21(18(20)22)15-6-8-17(9-7-15)26(23,24)25-16-5-3-4-14(19)12-16/h3-9,12-13H,10-11H2,1-2H3. The summed E-state index contributed by atoms with van der Waals surface area (Å²) in [5.74, 6) is 0.267. The molecule has 0 bridgehead atoms. The van der Waals surface area contributed by atoms with Crippen molar-refractivity contribution in [1.29, 1.82) is 0 Å². The third-order valence-electron chi connectivity index (χ3n) is 4.10. The summed E-state index contributed by atoms with van der Waals surface area (Å²) in [5.41, 5.74) is 0.673. The molecule has 8 heteroatoms. The highest BCUT2D eigenvalue weighted by Gasteiger charge is 2.31.